The quantitative estimate of drug-likeness (QED) is 0.824. The van der Waals surface area contributed by atoms with Gasteiger partial charge in [-0.25, -0.2) is 0 Å². The van der Waals surface area contributed by atoms with E-state index in [-0.39, 0.29) is 12.1 Å². The smallest absolute Gasteiger partial charge is 0.0931 e. The molecule has 108 valence electrons. The molecule has 2 unspecified atom stereocenters. The van der Waals surface area contributed by atoms with Crippen LogP contribution in [0.4, 0.5) is 0 Å². The van der Waals surface area contributed by atoms with E-state index in [0.29, 0.717) is 0 Å². The van der Waals surface area contributed by atoms with Crippen molar-refractivity contribution >= 4 is 38.9 Å². The van der Waals surface area contributed by atoms with Crippen molar-refractivity contribution in [1.82, 2.24) is 4.90 Å². The van der Waals surface area contributed by atoms with E-state index >= 15 is 0 Å². The molecule has 0 aliphatic heterocycles. The van der Waals surface area contributed by atoms with E-state index in [4.69, 9.17) is 17.3 Å². The van der Waals surface area contributed by atoms with E-state index in [9.17, 15) is 0 Å². The summed E-state index contributed by atoms with van der Waals surface area (Å²) in [5.74, 6) is 0. The Morgan fingerprint density at radius 2 is 1.90 bits per heavy atom. The summed E-state index contributed by atoms with van der Waals surface area (Å²) in [7, 11) is 2.10. The van der Waals surface area contributed by atoms with E-state index in [1.807, 2.05) is 13.0 Å². The van der Waals surface area contributed by atoms with Gasteiger partial charge in [-0.05, 0) is 43.8 Å². The van der Waals surface area contributed by atoms with Gasteiger partial charge in [0.2, 0.25) is 0 Å². The molecule has 0 amide bonds. The normalized spacial score (nSPS) is 14.5. The summed E-state index contributed by atoms with van der Waals surface area (Å²) in [6.45, 7) is 2.89. The predicted molar refractivity (Wildman–Crippen MR) is 91.3 cm³/mol. The Kier molecular flexibility index (Phi) is 5.64. The first kappa shape index (κ1) is 16.0. The van der Waals surface area contributed by atoms with Crippen LogP contribution in [-0.4, -0.2) is 18.0 Å². The summed E-state index contributed by atoms with van der Waals surface area (Å²) in [5, 5.41) is 0. The minimum absolute atomic E-state index is 0.0524. The maximum Gasteiger partial charge on any atom is 0.0931 e. The maximum atomic E-state index is 6.19. The molecule has 2 aromatic rings. The number of hydrogen-bond donors (Lipinski definition) is 1. The summed E-state index contributed by atoms with van der Waals surface area (Å²) in [5.41, 5.74) is 7.42. The van der Waals surface area contributed by atoms with E-state index in [1.54, 1.807) is 11.3 Å². The van der Waals surface area contributed by atoms with Crippen molar-refractivity contribution in [3.63, 3.8) is 0 Å². The van der Waals surface area contributed by atoms with Gasteiger partial charge in [0.25, 0.3) is 0 Å². The Morgan fingerprint density at radius 3 is 2.40 bits per heavy atom. The second-order valence-electron chi connectivity index (χ2n) is 4.98. The second-order valence-corrected chi connectivity index (χ2v) is 7.69. The Balaban J connectivity index is 2.17. The molecule has 0 aliphatic rings. The molecule has 1 aromatic carbocycles. The highest BCUT2D eigenvalue weighted by Gasteiger charge is 2.21. The lowest BCUT2D eigenvalue weighted by molar-refractivity contribution is 0.212. The molecule has 0 spiro atoms. The van der Waals surface area contributed by atoms with Crippen LogP contribution in [0, 0.1) is 0 Å². The van der Waals surface area contributed by atoms with Crippen molar-refractivity contribution in [2.45, 2.75) is 25.6 Å². The monoisotopic (exact) mass is 372 g/mol. The lowest BCUT2D eigenvalue weighted by atomic mass is 9.99. The minimum Gasteiger partial charge on any atom is -0.326 e. The van der Waals surface area contributed by atoms with Crippen molar-refractivity contribution in [2.75, 3.05) is 7.05 Å². The summed E-state index contributed by atoms with van der Waals surface area (Å²) in [6, 6.07) is 12.6. The molecule has 1 aromatic heterocycles. The molecule has 0 saturated carbocycles. The number of thiophene rings is 1. The zero-order valence-electron chi connectivity index (χ0n) is 11.5. The molecule has 2 nitrogen and oxygen atoms in total. The fourth-order valence-corrected chi connectivity index (χ4v) is 3.82. The fraction of sp³-hybridized carbons (Fsp3) is 0.333. The van der Waals surface area contributed by atoms with Gasteiger partial charge in [0.15, 0.2) is 0 Å². The minimum atomic E-state index is 0.0524. The molecule has 2 atom stereocenters. The molecular formula is C15H18BrClN2S. The van der Waals surface area contributed by atoms with Crippen LogP contribution in [0.15, 0.2) is 40.9 Å². The Bertz CT molecular complexity index is 553. The van der Waals surface area contributed by atoms with Crippen LogP contribution >= 0.6 is 38.9 Å². The van der Waals surface area contributed by atoms with Gasteiger partial charge in [0, 0.05) is 28.0 Å². The fourth-order valence-electron chi connectivity index (χ4n) is 2.40. The first-order valence-corrected chi connectivity index (χ1v) is 8.41. The highest BCUT2D eigenvalue weighted by molar-refractivity contribution is 9.10. The number of rotatable bonds is 5. The molecule has 0 saturated heterocycles. The van der Waals surface area contributed by atoms with Crippen LogP contribution in [0.5, 0.6) is 0 Å². The first-order valence-electron chi connectivity index (χ1n) is 6.43. The molecule has 1 heterocycles. The van der Waals surface area contributed by atoms with Crippen molar-refractivity contribution < 1.29 is 0 Å². The lowest BCUT2D eigenvalue weighted by Crippen LogP contribution is -2.36. The Hall–Kier alpha value is -0.390. The molecule has 0 fully saturated rings. The third-order valence-corrected chi connectivity index (χ3v) is 4.96. The zero-order valence-corrected chi connectivity index (χ0v) is 14.7. The summed E-state index contributed by atoms with van der Waals surface area (Å²) >= 11 is 11.1. The largest absolute Gasteiger partial charge is 0.326 e. The van der Waals surface area contributed by atoms with Crippen LogP contribution in [0.25, 0.3) is 0 Å². The van der Waals surface area contributed by atoms with Gasteiger partial charge in [0.1, 0.15) is 0 Å². The average Bonchev–Trinajstić information content (AvgIpc) is 2.77. The van der Waals surface area contributed by atoms with Gasteiger partial charge in [-0.15, -0.1) is 11.3 Å². The molecule has 20 heavy (non-hydrogen) atoms. The van der Waals surface area contributed by atoms with Gasteiger partial charge in [0.05, 0.1) is 4.34 Å². The maximum absolute atomic E-state index is 6.19. The molecule has 0 aliphatic carbocycles. The van der Waals surface area contributed by atoms with Crippen molar-refractivity contribution in [1.29, 1.82) is 0 Å². The first-order chi connectivity index (χ1) is 9.47. The third-order valence-electron chi connectivity index (χ3n) is 3.22. The van der Waals surface area contributed by atoms with Crippen LogP contribution in [0.1, 0.15) is 23.4 Å². The molecular weight excluding hydrogens is 356 g/mol. The SMILES string of the molecule is CC(N)C(c1ccc(Br)cc1)N(C)Cc1ccc(Cl)s1. The number of halogens is 2. The van der Waals surface area contributed by atoms with Crippen LogP contribution < -0.4 is 5.73 Å². The molecule has 0 radical (unpaired) electrons. The van der Waals surface area contributed by atoms with Gasteiger partial charge >= 0.3 is 0 Å². The standard InChI is InChI=1S/C15H18BrClN2S/c1-10(18)15(11-3-5-12(16)6-4-11)19(2)9-13-7-8-14(17)20-13/h3-8,10,15H,9,18H2,1-2H3. The number of benzene rings is 1. The lowest BCUT2D eigenvalue weighted by Gasteiger charge is -2.31. The molecule has 0 bridgehead atoms. The Morgan fingerprint density at radius 1 is 1.25 bits per heavy atom. The Labute approximate surface area is 137 Å². The van der Waals surface area contributed by atoms with Gasteiger partial charge in [-0.1, -0.05) is 39.7 Å². The zero-order chi connectivity index (χ0) is 14.7. The number of likely N-dealkylation sites (N-methyl/N-ethyl adjacent to an activating group) is 1. The number of nitrogens with zero attached hydrogens (tertiary/aromatic N) is 1. The predicted octanol–water partition coefficient (Wildman–Crippen LogP) is 4.68. The van der Waals surface area contributed by atoms with Crippen LogP contribution in [0.3, 0.4) is 0 Å². The highest BCUT2D eigenvalue weighted by Crippen LogP contribution is 2.28. The van der Waals surface area contributed by atoms with E-state index < -0.39 is 0 Å². The van der Waals surface area contributed by atoms with E-state index in [0.717, 1.165) is 15.4 Å². The van der Waals surface area contributed by atoms with Crippen molar-refractivity contribution in [3.8, 4) is 0 Å². The van der Waals surface area contributed by atoms with E-state index in [1.165, 1.54) is 10.4 Å². The second kappa shape index (κ2) is 7.05. The number of hydrogen-bond acceptors (Lipinski definition) is 3. The van der Waals surface area contributed by atoms with Gasteiger partial charge < -0.3 is 5.73 Å². The molecule has 2 N–H and O–H groups in total. The topological polar surface area (TPSA) is 29.3 Å². The van der Waals surface area contributed by atoms with Crippen LogP contribution in [0.2, 0.25) is 4.34 Å². The van der Waals surface area contributed by atoms with Crippen LogP contribution in [-0.2, 0) is 6.54 Å². The van der Waals surface area contributed by atoms with Gasteiger partial charge in [-0.3, -0.25) is 4.90 Å². The average molecular weight is 374 g/mol. The van der Waals surface area contributed by atoms with Crippen molar-refractivity contribution in [3.05, 3.63) is 55.6 Å². The summed E-state index contributed by atoms with van der Waals surface area (Å²) < 4.78 is 1.91. The number of nitrogens with two attached hydrogens (primary N) is 1. The third kappa shape index (κ3) is 4.06. The molecule has 5 heteroatoms. The van der Waals surface area contributed by atoms with Gasteiger partial charge in [-0.2, -0.15) is 0 Å². The van der Waals surface area contributed by atoms with E-state index in [2.05, 4.69) is 58.2 Å². The summed E-state index contributed by atoms with van der Waals surface area (Å²) in [6.07, 6.45) is 0. The molecule has 2 rings (SSSR count). The van der Waals surface area contributed by atoms with Crippen molar-refractivity contribution in [2.24, 2.45) is 5.73 Å². The highest BCUT2D eigenvalue weighted by atomic mass is 79.9. The summed E-state index contributed by atoms with van der Waals surface area (Å²) in [4.78, 5) is 3.52.